The molecule has 0 atom stereocenters. The normalized spacial score (nSPS) is 11.0. The molecule has 0 aliphatic heterocycles. The molecule has 2 heterocycles. The van der Waals surface area contributed by atoms with Gasteiger partial charge in [-0.15, -0.1) is 0 Å². The molecule has 3 aromatic rings. The van der Waals surface area contributed by atoms with Gasteiger partial charge in [-0.3, -0.25) is 19.0 Å². The third-order valence-electron chi connectivity index (χ3n) is 4.01. The first-order valence-corrected chi connectivity index (χ1v) is 8.05. The SMILES string of the molecule is CCn1c(=O)c(=O)n(CC(=O)NCc2ccc(C)o2)c2ccccc21. The van der Waals surface area contributed by atoms with Crippen LogP contribution in [0.15, 0.2) is 50.4 Å². The molecule has 1 amide bonds. The third kappa shape index (κ3) is 3.26. The number of para-hydroxylation sites is 2. The Balaban J connectivity index is 1.90. The van der Waals surface area contributed by atoms with Gasteiger partial charge in [0.05, 0.1) is 17.6 Å². The summed E-state index contributed by atoms with van der Waals surface area (Å²) in [6.45, 7) is 4.01. The molecule has 0 saturated heterocycles. The van der Waals surface area contributed by atoms with E-state index < -0.39 is 11.1 Å². The molecule has 0 aliphatic rings. The summed E-state index contributed by atoms with van der Waals surface area (Å²) in [6.07, 6.45) is 0. The summed E-state index contributed by atoms with van der Waals surface area (Å²) >= 11 is 0. The lowest BCUT2D eigenvalue weighted by Gasteiger charge is -2.13. The average molecular weight is 341 g/mol. The van der Waals surface area contributed by atoms with E-state index in [2.05, 4.69) is 5.32 Å². The first-order chi connectivity index (χ1) is 12.0. The predicted octanol–water partition coefficient (Wildman–Crippen LogP) is 1.40. The van der Waals surface area contributed by atoms with Crippen molar-refractivity contribution in [2.24, 2.45) is 0 Å². The van der Waals surface area contributed by atoms with Crippen molar-refractivity contribution in [2.45, 2.75) is 33.5 Å². The van der Waals surface area contributed by atoms with Gasteiger partial charge in [0.2, 0.25) is 5.91 Å². The second-order valence-electron chi connectivity index (χ2n) is 5.72. The average Bonchev–Trinajstić information content (AvgIpc) is 3.03. The lowest BCUT2D eigenvalue weighted by atomic mass is 10.2. The molecule has 7 nitrogen and oxygen atoms in total. The number of hydrogen-bond donors (Lipinski definition) is 1. The minimum Gasteiger partial charge on any atom is -0.465 e. The van der Waals surface area contributed by atoms with Crippen LogP contribution >= 0.6 is 0 Å². The fraction of sp³-hybridized carbons (Fsp3) is 0.278. The Morgan fingerprint density at radius 3 is 2.28 bits per heavy atom. The number of amides is 1. The van der Waals surface area contributed by atoms with E-state index >= 15 is 0 Å². The Bertz CT molecular complexity index is 1040. The number of hydrogen-bond acceptors (Lipinski definition) is 4. The molecule has 0 aliphatic carbocycles. The summed E-state index contributed by atoms with van der Waals surface area (Å²) in [5.74, 6) is 1.02. The molecule has 7 heteroatoms. The monoisotopic (exact) mass is 341 g/mol. The highest BCUT2D eigenvalue weighted by Gasteiger charge is 2.14. The van der Waals surface area contributed by atoms with Gasteiger partial charge in [-0.2, -0.15) is 0 Å². The molecular formula is C18H19N3O4. The molecule has 2 aromatic heterocycles. The van der Waals surface area contributed by atoms with Gasteiger partial charge in [0.25, 0.3) is 0 Å². The van der Waals surface area contributed by atoms with Crippen LogP contribution in [0.1, 0.15) is 18.4 Å². The van der Waals surface area contributed by atoms with Crippen molar-refractivity contribution in [3.63, 3.8) is 0 Å². The molecular weight excluding hydrogens is 322 g/mol. The van der Waals surface area contributed by atoms with Crippen LogP contribution in [0.4, 0.5) is 0 Å². The Morgan fingerprint density at radius 1 is 1.04 bits per heavy atom. The Morgan fingerprint density at radius 2 is 1.68 bits per heavy atom. The first-order valence-electron chi connectivity index (χ1n) is 8.05. The van der Waals surface area contributed by atoms with Gasteiger partial charge < -0.3 is 14.3 Å². The first kappa shape index (κ1) is 16.8. The van der Waals surface area contributed by atoms with Crippen molar-refractivity contribution in [3.05, 3.63) is 68.6 Å². The number of nitrogens with zero attached hydrogens (tertiary/aromatic N) is 2. The van der Waals surface area contributed by atoms with Gasteiger partial charge in [-0.1, -0.05) is 12.1 Å². The summed E-state index contributed by atoms with van der Waals surface area (Å²) in [6, 6.07) is 10.6. The van der Waals surface area contributed by atoms with Crippen LogP contribution in [-0.4, -0.2) is 15.0 Å². The van der Waals surface area contributed by atoms with E-state index in [0.717, 1.165) is 5.76 Å². The van der Waals surface area contributed by atoms with Crippen molar-refractivity contribution in [3.8, 4) is 0 Å². The zero-order valence-corrected chi connectivity index (χ0v) is 14.1. The molecule has 1 aromatic carbocycles. The fourth-order valence-corrected chi connectivity index (χ4v) is 2.81. The number of benzene rings is 1. The van der Waals surface area contributed by atoms with E-state index in [1.165, 1.54) is 9.13 Å². The summed E-state index contributed by atoms with van der Waals surface area (Å²) in [5, 5.41) is 2.70. The summed E-state index contributed by atoms with van der Waals surface area (Å²) < 4.78 is 8.02. The molecule has 25 heavy (non-hydrogen) atoms. The van der Waals surface area contributed by atoms with E-state index in [1.54, 1.807) is 37.3 Å². The Kier molecular flexibility index (Phi) is 4.56. The number of carbonyl (C=O) groups excluding carboxylic acids is 1. The van der Waals surface area contributed by atoms with E-state index in [1.807, 2.05) is 13.0 Å². The number of nitrogens with one attached hydrogen (secondary N) is 1. The lowest BCUT2D eigenvalue weighted by molar-refractivity contribution is -0.121. The predicted molar refractivity (Wildman–Crippen MR) is 93.4 cm³/mol. The van der Waals surface area contributed by atoms with Crippen LogP contribution in [0, 0.1) is 6.92 Å². The summed E-state index contributed by atoms with van der Waals surface area (Å²) in [5.41, 5.74) is -0.151. The number of carbonyl (C=O) groups is 1. The van der Waals surface area contributed by atoms with Crippen molar-refractivity contribution in [2.75, 3.05) is 0 Å². The van der Waals surface area contributed by atoms with Crippen molar-refractivity contribution >= 4 is 16.9 Å². The number of aromatic nitrogens is 2. The maximum absolute atomic E-state index is 12.4. The zero-order valence-electron chi connectivity index (χ0n) is 14.1. The third-order valence-corrected chi connectivity index (χ3v) is 4.01. The molecule has 0 radical (unpaired) electrons. The molecule has 3 rings (SSSR count). The maximum atomic E-state index is 12.4. The van der Waals surface area contributed by atoms with Crippen molar-refractivity contribution in [1.82, 2.24) is 14.5 Å². The number of rotatable bonds is 5. The van der Waals surface area contributed by atoms with Gasteiger partial charge in [0.15, 0.2) is 0 Å². The smallest absolute Gasteiger partial charge is 0.317 e. The van der Waals surface area contributed by atoms with Gasteiger partial charge >= 0.3 is 11.1 Å². The standard InChI is InChI=1S/C18H19N3O4/c1-3-20-14-6-4-5-7-15(14)21(18(24)17(20)23)11-16(22)19-10-13-9-8-12(2)25-13/h4-9H,3,10-11H2,1-2H3,(H,19,22). The van der Waals surface area contributed by atoms with Crippen molar-refractivity contribution < 1.29 is 9.21 Å². The van der Waals surface area contributed by atoms with E-state index in [0.29, 0.717) is 23.3 Å². The summed E-state index contributed by atoms with van der Waals surface area (Å²) in [4.78, 5) is 36.9. The van der Waals surface area contributed by atoms with E-state index in [9.17, 15) is 14.4 Å². The zero-order chi connectivity index (χ0) is 18.0. The minimum absolute atomic E-state index is 0.223. The molecule has 0 bridgehead atoms. The quantitative estimate of drug-likeness (QED) is 0.711. The highest BCUT2D eigenvalue weighted by atomic mass is 16.3. The second-order valence-corrected chi connectivity index (χ2v) is 5.72. The number of fused-ring (bicyclic) bond motifs is 1. The number of furan rings is 1. The van der Waals surface area contributed by atoms with Crippen LogP contribution in [-0.2, 0) is 24.4 Å². The minimum atomic E-state index is -0.704. The van der Waals surface area contributed by atoms with Gasteiger partial charge in [0.1, 0.15) is 18.1 Å². The largest absolute Gasteiger partial charge is 0.465 e. The number of aryl methyl sites for hydroxylation is 2. The molecule has 1 N–H and O–H groups in total. The lowest BCUT2D eigenvalue weighted by Crippen LogP contribution is -2.43. The molecule has 130 valence electrons. The highest BCUT2D eigenvalue weighted by Crippen LogP contribution is 2.10. The maximum Gasteiger partial charge on any atom is 0.317 e. The van der Waals surface area contributed by atoms with E-state index in [4.69, 9.17) is 4.42 Å². The topological polar surface area (TPSA) is 86.2 Å². The van der Waals surface area contributed by atoms with Crippen molar-refractivity contribution in [1.29, 1.82) is 0 Å². The fourth-order valence-electron chi connectivity index (χ4n) is 2.81. The summed E-state index contributed by atoms with van der Waals surface area (Å²) in [7, 11) is 0. The van der Waals surface area contributed by atoms with Gasteiger partial charge in [-0.05, 0) is 38.1 Å². The van der Waals surface area contributed by atoms with Crippen LogP contribution in [0.2, 0.25) is 0 Å². The highest BCUT2D eigenvalue weighted by molar-refractivity contribution is 5.80. The Labute approximate surface area is 143 Å². The van der Waals surface area contributed by atoms with Gasteiger partial charge in [0, 0.05) is 6.54 Å². The van der Waals surface area contributed by atoms with Crippen LogP contribution in [0.3, 0.4) is 0 Å². The molecule has 0 spiro atoms. The molecule has 0 fully saturated rings. The second kappa shape index (κ2) is 6.80. The van der Waals surface area contributed by atoms with Crippen LogP contribution in [0.25, 0.3) is 11.0 Å². The molecule has 0 unspecified atom stereocenters. The Hall–Kier alpha value is -3.09. The van der Waals surface area contributed by atoms with Crippen LogP contribution in [0.5, 0.6) is 0 Å². The molecule has 0 saturated carbocycles. The van der Waals surface area contributed by atoms with E-state index in [-0.39, 0.29) is 19.0 Å². The van der Waals surface area contributed by atoms with Gasteiger partial charge in [-0.25, -0.2) is 0 Å². The van der Waals surface area contributed by atoms with Crippen LogP contribution < -0.4 is 16.4 Å².